The van der Waals surface area contributed by atoms with Gasteiger partial charge in [-0.3, -0.25) is 4.79 Å². The van der Waals surface area contributed by atoms with E-state index >= 15 is 0 Å². The summed E-state index contributed by atoms with van der Waals surface area (Å²) in [6.07, 6.45) is 16.8. The fourth-order valence-electron chi connectivity index (χ4n) is 5.61. The first-order valence-electron chi connectivity index (χ1n) is 8.93. The highest BCUT2D eigenvalue weighted by Gasteiger charge is 2.58. The van der Waals surface area contributed by atoms with Crippen molar-refractivity contribution in [2.75, 3.05) is 0 Å². The average Bonchev–Trinajstić information content (AvgIpc) is 2.77. The first kappa shape index (κ1) is 15.3. The van der Waals surface area contributed by atoms with Gasteiger partial charge in [0.05, 0.1) is 5.60 Å². The quantitative estimate of drug-likeness (QED) is 0.622. The molecule has 2 heteroatoms. The van der Waals surface area contributed by atoms with E-state index in [-0.39, 0.29) is 5.41 Å². The Bertz CT molecular complexity index is 410. The van der Waals surface area contributed by atoms with Crippen LogP contribution in [0.25, 0.3) is 0 Å². The molecule has 0 amide bonds. The van der Waals surface area contributed by atoms with Crippen molar-refractivity contribution in [3.05, 3.63) is 12.2 Å². The lowest BCUT2D eigenvalue weighted by Gasteiger charge is -2.51. The zero-order valence-corrected chi connectivity index (χ0v) is 13.4. The predicted molar refractivity (Wildman–Crippen MR) is 84.9 cm³/mol. The molecule has 0 spiro atoms. The molecule has 3 saturated carbocycles. The van der Waals surface area contributed by atoms with Crippen molar-refractivity contribution in [1.29, 1.82) is 0 Å². The third-order valence-corrected chi connectivity index (χ3v) is 7.12. The van der Waals surface area contributed by atoms with Crippen molar-refractivity contribution in [3.8, 4) is 0 Å². The van der Waals surface area contributed by atoms with Crippen LogP contribution in [0.15, 0.2) is 12.2 Å². The molecule has 0 aromatic heterocycles. The molecule has 0 bridgehead atoms. The first-order valence-corrected chi connectivity index (χ1v) is 8.93. The summed E-state index contributed by atoms with van der Waals surface area (Å²) in [6, 6.07) is 0. The normalized spacial score (nSPS) is 44.9. The van der Waals surface area contributed by atoms with Crippen LogP contribution in [0.4, 0.5) is 0 Å². The van der Waals surface area contributed by atoms with Crippen LogP contribution in [-0.4, -0.2) is 17.0 Å². The Labute approximate surface area is 129 Å². The number of fused-ring (bicyclic) bond motifs is 1. The zero-order chi connectivity index (χ0) is 14.9. The highest BCUT2D eigenvalue weighted by Crippen LogP contribution is 2.61. The third kappa shape index (κ3) is 2.60. The van der Waals surface area contributed by atoms with E-state index in [9.17, 15) is 9.90 Å². The molecule has 3 fully saturated rings. The van der Waals surface area contributed by atoms with Gasteiger partial charge >= 0.3 is 0 Å². The molecule has 3 aliphatic carbocycles. The summed E-state index contributed by atoms with van der Waals surface area (Å²) < 4.78 is 0. The molecule has 3 rings (SSSR count). The van der Waals surface area contributed by atoms with Gasteiger partial charge in [-0.25, -0.2) is 0 Å². The molecule has 21 heavy (non-hydrogen) atoms. The standard InChI is InChI=1S/C19H30O2/c1-18-11-9-16(15-6-3-2-4-7-15)14-19(18,21)12-10-17(18)8-5-13-20/h5,8,13,15-17,21H,2-4,6-7,9-12,14H2,1H3/t16-,17-,18+,19-/m0/s1. The molecule has 118 valence electrons. The zero-order valence-electron chi connectivity index (χ0n) is 13.4. The lowest BCUT2D eigenvalue weighted by Crippen LogP contribution is -2.50. The molecule has 0 heterocycles. The molecule has 1 N–H and O–H groups in total. The van der Waals surface area contributed by atoms with Crippen LogP contribution >= 0.6 is 0 Å². The fraction of sp³-hybridized carbons (Fsp3) is 0.842. The van der Waals surface area contributed by atoms with Crippen LogP contribution in [0.2, 0.25) is 0 Å². The Morgan fingerprint density at radius 3 is 2.48 bits per heavy atom. The second-order valence-electron chi connectivity index (χ2n) is 8.02. The number of aldehydes is 1. The number of allylic oxidation sites excluding steroid dienone is 2. The lowest BCUT2D eigenvalue weighted by molar-refractivity contribution is -0.118. The van der Waals surface area contributed by atoms with E-state index in [0.29, 0.717) is 5.92 Å². The van der Waals surface area contributed by atoms with Crippen LogP contribution in [-0.2, 0) is 4.79 Å². The number of carbonyl (C=O) groups is 1. The lowest BCUT2D eigenvalue weighted by atomic mass is 9.57. The summed E-state index contributed by atoms with van der Waals surface area (Å²) in [5.74, 6) is 1.97. The topological polar surface area (TPSA) is 37.3 Å². The van der Waals surface area contributed by atoms with E-state index < -0.39 is 5.60 Å². The largest absolute Gasteiger partial charge is 0.389 e. The van der Waals surface area contributed by atoms with Gasteiger partial charge in [0.1, 0.15) is 6.29 Å². The maximum absolute atomic E-state index is 11.3. The van der Waals surface area contributed by atoms with Gasteiger partial charge in [-0.05, 0) is 55.9 Å². The minimum atomic E-state index is -0.495. The van der Waals surface area contributed by atoms with Crippen LogP contribution in [0.5, 0.6) is 0 Å². The van der Waals surface area contributed by atoms with E-state index in [4.69, 9.17) is 0 Å². The maximum atomic E-state index is 11.3. The molecule has 0 aromatic rings. The summed E-state index contributed by atoms with van der Waals surface area (Å²) in [7, 11) is 0. The number of hydrogen-bond donors (Lipinski definition) is 1. The van der Waals surface area contributed by atoms with Crippen LogP contribution in [0, 0.1) is 23.2 Å². The number of carbonyl (C=O) groups excluding carboxylic acids is 1. The summed E-state index contributed by atoms with van der Waals surface area (Å²) >= 11 is 0. The third-order valence-electron chi connectivity index (χ3n) is 7.12. The first-order chi connectivity index (χ1) is 10.1. The van der Waals surface area contributed by atoms with Gasteiger partial charge in [-0.1, -0.05) is 45.1 Å². The highest BCUT2D eigenvalue weighted by molar-refractivity contribution is 5.64. The smallest absolute Gasteiger partial charge is 0.142 e. The number of rotatable bonds is 3. The molecular weight excluding hydrogens is 260 g/mol. The monoisotopic (exact) mass is 290 g/mol. The molecule has 3 aliphatic rings. The molecule has 0 saturated heterocycles. The SMILES string of the molecule is C[C@]12CC[C@H](C3CCCCC3)C[C@@]1(O)CC[C@@H]2C=CC=O. The van der Waals surface area contributed by atoms with Crippen molar-refractivity contribution in [1.82, 2.24) is 0 Å². The Kier molecular flexibility index (Phi) is 4.27. The Morgan fingerprint density at radius 1 is 1.00 bits per heavy atom. The molecule has 0 aliphatic heterocycles. The van der Waals surface area contributed by atoms with E-state index in [1.54, 1.807) is 6.08 Å². The summed E-state index contributed by atoms with van der Waals surface area (Å²) in [6.45, 7) is 2.26. The van der Waals surface area contributed by atoms with Gasteiger partial charge in [0, 0.05) is 5.41 Å². The van der Waals surface area contributed by atoms with Crippen LogP contribution in [0.1, 0.15) is 71.1 Å². The molecular formula is C19H30O2. The Morgan fingerprint density at radius 2 is 1.76 bits per heavy atom. The van der Waals surface area contributed by atoms with Crippen LogP contribution in [0.3, 0.4) is 0 Å². The van der Waals surface area contributed by atoms with E-state index in [2.05, 4.69) is 6.92 Å². The van der Waals surface area contributed by atoms with E-state index in [1.807, 2.05) is 6.08 Å². The van der Waals surface area contributed by atoms with Crippen molar-refractivity contribution >= 4 is 6.29 Å². The number of hydrogen-bond acceptors (Lipinski definition) is 2. The maximum Gasteiger partial charge on any atom is 0.142 e. The second-order valence-corrected chi connectivity index (χ2v) is 8.02. The van der Waals surface area contributed by atoms with Crippen molar-refractivity contribution in [3.63, 3.8) is 0 Å². The summed E-state index contributed by atoms with van der Waals surface area (Å²) in [5, 5.41) is 11.3. The fourth-order valence-corrected chi connectivity index (χ4v) is 5.61. The minimum Gasteiger partial charge on any atom is -0.389 e. The van der Waals surface area contributed by atoms with Gasteiger partial charge in [-0.15, -0.1) is 0 Å². The van der Waals surface area contributed by atoms with Gasteiger partial charge in [0.25, 0.3) is 0 Å². The Balaban J connectivity index is 1.73. The van der Waals surface area contributed by atoms with E-state index in [1.165, 1.54) is 38.5 Å². The summed E-state index contributed by atoms with van der Waals surface area (Å²) in [5.41, 5.74) is -0.511. The Hall–Kier alpha value is -0.630. The van der Waals surface area contributed by atoms with Gasteiger partial charge < -0.3 is 5.11 Å². The minimum absolute atomic E-state index is 0.0162. The molecule has 4 atom stereocenters. The predicted octanol–water partition coefficient (Wildman–Crippen LogP) is 4.27. The van der Waals surface area contributed by atoms with Crippen molar-refractivity contribution in [2.24, 2.45) is 23.2 Å². The van der Waals surface area contributed by atoms with Gasteiger partial charge in [0.15, 0.2) is 0 Å². The van der Waals surface area contributed by atoms with Gasteiger partial charge in [0.2, 0.25) is 0 Å². The second kappa shape index (κ2) is 5.87. The van der Waals surface area contributed by atoms with Gasteiger partial charge in [-0.2, -0.15) is 0 Å². The van der Waals surface area contributed by atoms with Crippen LogP contribution < -0.4 is 0 Å². The highest BCUT2D eigenvalue weighted by atomic mass is 16.3. The number of aliphatic hydroxyl groups is 1. The van der Waals surface area contributed by atoms with E-state index in [0.717, 1.165) is 43.8 Å². The average molecular weight is 290 g/mol. The summed E-state index contributed by atoms with van der Waals surface area (Å²) in [4.78, 5) is 10.6. The van der Waals surface area contributed by atoms with Crippen molar-refractivity contribution < 1.29 is 9.90 Å². The molecule has 2 nitrogen and oxygen atoms in total. The molecule has 0 radical (unpaired) electrons. The molecule has 0 aromatic carbocycles. The molecule has 0 unspecified atom stereocenters. The van der Waals surface area contributed by atoms with Crippen molar-refractivity contribution in [2.45, 2.75) is 76.7 Å².